The lowest BCUT2D eigenvalue weighted by atomic mass is 9.98. The lowest BCUT2D eigenvalue weighted by Gasteiger charge is -2.18. The van der Waals surface area contributed by atoms with Crippen LogP contribution >= 0.6 is 27.5 Å². The predicted molar refractivity (Wildman–Crippen MR) is 79.6 cm³/mol. The first kappa shape index (κ1) is 15.0. The van der Waals surface area contributed by atoms with E-state index in [-0.39, 0.29) is 0 Å². The van der Waals surface area contributed by atoms with E-state index < -0.39 is 0 Å². The van der Waals surface area contributed by atoms with Gasteiger partial charge >= 0.3 is 0 Å². The van der Waals surface area contributed by atoms with Gasteiger partial charge in [0.15, 0.2) is 0 Å². The van der Waals surface area contributed by atoms with Gasteiger partial charge in [0.1, 0.15) is 0 Å². The maximum absolute atomic E-state index is 5.96. The Morgan fingerprint density at radius 3 is 2.53 bits per heavy atom. The van der Waals surface area contributed by atoms with Gasteiger partial charge in [-0.15, -0.1) is 0 Å². The minimum Gasteiger partial charge on any atom is -0.313 e. The van der Waals surface area contributed by atoms with E-state index in [1.165, 1.54) is 18.4 Å². The van der Waals surface area contributed by atoms with Crippen LogP contribution in [0.3, 0.4) is 0 Å². The molecule has 0 aliphatic rings. The van der Waals surface area contributed by atoms with Gasteiger partial charge in [-0.3, -0.25) is 0 Å². The van der Waals surface area contributed by atoms with Gasteiger partial charge in [0.05, 0.1) is 0 Å². The average Bonchev–Trinajstić information content (AvgIpc) is 2.25. The van der Waals surface area contributed by atoms with Crippen molar-refractivity contribution in [2.24, 2.45) is 5.92 Å². The third-order valence-electron chi connectivity index (χ3n) is 2.96. The van der Waals surface area contributed by atoms with Gasteiger partial charge in [-0.05, 0) is 37.1 Å². The highest BCUT2D eigenvalue weighted by molar-refractivity contribution is 9.10. The fourth-order valence-electron chi connectivity index (χ4n) is 1.97. The quantitative estimate of drug-likeness (QED) is 0.761. The van der Waals surface area contributed by atoms with Crippen LogP contribution in [0.5, 0.6) is 0 Å². The summed E-state index contributed by atoms with van der Waals surface area (Å²) in [6.45, 7) is 4.54. The third kappa shape index (κ3) is 4.99. The van der Waals surface area contributed by atoms with E-state index in [4.69, 9.17) is 11.6 Å². The minimum absolute atomic E-state index is 0.403. The molecule has 1 nitrogen and oxygen atoms in total. The van der Waals surface area contributed by atoms with Crippen LogP contribution in [0.25, 0.3) is 0 Å². The first-order valence-electron chi connectivity index (χ1n) is 6.16. The van der Waals surface area contributed by atoms with E-state index in [2.05, 4.69) is 41.2 Å². The summed E-state index contributed by atoms with van der Waals surface area (Å²) in [5, 5.41) is 4.15. The Morgan fingerprint density at radius 2 is 2.00 bits per heavy atom. The van der Waals surface area contributed by atoms with Crippen LogP contribution < -0.4 is 5.32 Å². The Labute approximate surface area is 118 Å². The highest BCUT2D eigenvalue weighted by Gasteiger charge is 2.12. The number of hydrogen-bond donors (Lipinski definition) is 1. The second kappa shape index (κ2) is 7.40. The summed E-state index contributed by atoms with van der Waals surface area (Å²) < 4.78 is 1.09. The normalized spacial score (nSPS) is 13.1. The second-order valence-corrected chi connectivity index (χ2v) is 6.12. The van der Waals surface area contributed by atoms with Gasteiger partial charge in [-0.25, -0.2) is 0 Å². The van der Waals surface area contributed by atoms with Crippen LogP contribution in [0.15, 0.2) is 22.7 Å². The molecule has 1 atom stereocenters. The lowest BCUT2D eigenvalue weighted by molar-refractivity contribution is 0.470. The van der Waals surface area contributed by atoms with Crippen molar-refractivity contribution in [1.29, 1.82) is 0 Å². The van der Waals surface area contributed by atoms with Gasteiger partial charge < -0.3 is 5.32 Å². The Bertz CT molecular complexity index is 352. The molecule has 1 N–H and O–H groups in total. The average molecular weight is 319 g/mol. The SMILES string of the molecule is CNC(CCCC(C)C)c1ccc(Cl)cc1Br. The Balaban J connectivity index is 2.66. The van der Waals surface area contributed by atoms with Crippen molar-refractivity contribution >= 4 is 27.5 Å². The Hall–Kier alpha value is -0.0500. The minimum atomic E-state index is 0.403. The second-order valence-electron chi connectivity index (χ2n) is 4.83. The van der Waals surface area contributed by atoms with E-state index in [1.54, 1.807) is 0 Å². The van der Waals surface area contributed by atoms with E-state index in [0.717, 1.165) is 21.8 Å². The van der Waals surface area contributed by atoms with Crippen molar-refractivity contribution in [2.75, 3.05) is 7.05 Å². The first-order chi connectivity index (χ1) is 8.04. The number of rotatable bonds is 6. The van der Waals surface area contributed by atoms with E-state index in [1.807, 2.05) is 19.2 Å². The maximum Gasteiger partial charge on any atom is 0.0417 e. The molecule has 0 radical (unpaired) electrons. The van der Waals surface area contributed by atoms with Crippen LogP contribution in [0.2, 0.25) is 5.02 Å². The molecular formula is C14H21BrClN. The van der Waals surface area contributed by atoms with Gasteiger partial charge in [0, 0.05) is 15.5 Å². The summed E-state index contributed by atoms with van der Waals surface area (Å²) in [6, 6.07) is 6.42. The zero-order valence-electron chi connectivity index (χ0n) is 10.8. The van der Waals surface area contributed by atoms with Crippen molar-refractivity contribution in [3.63, 3.8) is 0 Å². The zero-order chi connectivity index (χ0) is 12.8. The van der Waals surface area contributed by atoms with Crippen LogP contribution in [0.1, 0.15) is 44.7 Å². The van der Waals surface area contributed by atoms with Gasteiger partial charge in [0.2, 0.25) is 0 Å². The van der Waals surface area contributed by atoms with Crippen LogP contribution in [-0.4, -0.2) is 7.05 Å². The Kier molecular flexibility index (Phi) is 6.53. The topological polar surface area (TPSA) is 12.0 Å². The summed E-state index contributed by atoms with van der Waals surface area (Å²) in [5.41, 5.74) is 1.29. The Morgan fingerprint density at radius 1 is 1.29 bits per heavy atom. The molecule has 0 amide bonds. The molecule has 0 spiro atoms. The van der Waals surface area contributed by atoms with Crippen molar-refractivity contribution in [3.8, 4) is 0 Å². The van der Waals surface area contributed by atoms with Crippen molar-refractivity contribution in [3.05, 3.63) is 33.3 Å². The van der Waals surface area contributed by atoms with Crippen LogP contribution in [0, 0.1) is 5.92 Å². The number of nitrogens with one attached hydrogen (secondary N) is 1. The summed E-state index contributed by atoms with van der Waals surface area (Å²) in [4.78, 5) is 0. The molecule has 0 aromatic heterocycles. The summed E-state index contributed by atoms with van der Waals surface area (Å²) in [5.74, 6) is 0.779. The summed E-state index contributed by atoms with van der Waals surface area (Å²) in [7, 11) is 2.01. The molecule has 0 fully saturated rings. The van der Waals surface area contributed by atoms with E-state index >= 15 is 0 Å². The largest absolute Gasteiger partial charge is 0.313 e. The fraction of sp³-hybridized carbons (Fsp3) is 0.571. The molecule has 1 aromatic carbocycles. The van der Waals surface area contributed by atoms with E-state index in [9.17, 15) is 0 Å². The molecule has 3 heteroatoms. The highest BCUT2D eigenvalue weighted by Crippen LogP contribution is 2.29. The van der Waals surface area contributed by atoms with Gasteiger partial charge in [0.25, 0.3) is 0 Å². The smallest absolute Gasteiger partial charge is 0.0417 e. The molecule has 0 aliphatic carbocycles. The molecule has 0 saturated carbocycles. The summed E-state index contributed by atoms with van der Waals surface area (Å²) in [6.07, 6.45) is 3.69. The van der Waals surface area contributed by atoms with Crippen molar-refractivity contribution in [1.82, 2.24) is 5.32 Å². The number of benzene rings is 1. The molecule has 0 aliphatic heterocycles. The van der Waals surface area contributed by atoms with Crippen LogP contribution in [-0.2, 0) is 0 Å². The maximum atomic E-state index is 5.96. The monoisotopic (exact) mass is 317 g/mol. The standard InChI is InChI=1S/C14H21BrClN/c1-10(2)5-4-6-14(17-3)12-8-7-11(16)9-13(12)15/h7-10,14,17H,4-6H2,1-3H3. The predicted octanol–water partition coefficient (Wildman–Crippen LogP) is 5.19. The first-order valence-corrected chi connectivity index (χ1v) is 7.34. The van der Waals surface area contributed by atoms with Crippen LogP contribution in [0.4, 0.5) is 0 Å². The molecule has 96 valence electrons. The van der Waals surface area contributed by atoms with Gasteiger partial charge in [-0.1, -0.05) is 60.3 Å². The van der Waals surface area contributed by atoms with Crippen molar-refractivity contribution in [2.45, 2.75) is 39.2 Å². The molecule has 1 rings (SSSR count). The van der Waals surface area contributed by atoms with E-state index in [0.29, 0.717) is 6.04 Å². The molecule has 0 bridgehead atoms. The molecule has 0 heterocycles. The van der Waals surface area contributed by atoms with Gasteiger partial charge in [-0.2, -0.15) is 0 Å². The summed E-state index contributed by atoms with van der Waals surface area (Å²) >= 11 is 9.55. The molecular weight excluding hydrogens is 298 g/mol. The lowest BCUT2D eigenvalue weighted by Crippen LogP contribution is -2.17. The number of halogens is 2. The highest BCUT2D eigenvalue weighted by atomic mass is 79.9. The molecule has 1 aromatic rings. The third-order valence-corrected chi connectivity index (χ3v) is 3.88. The van der Waals surface area contributed by atoms with Crippen molar-refractivity contribution < 1.29 is 0 Å². The molecule has 0 saturated heterocycles. The molecule has 17 heavy (non-hydrogen) atoms. The zero-order valence-corrected chi connectivity index (χ0v) is 13.1. The number of hydrogen-bond acceptors (Lipinski definition) is 1. The molecule has 1 unspecified atom stereocenters. The fourth-order valence-corrected chi connectivity index (χ4v) is 2.93.